The highest BCUT2D eigenvalue weighted by Crippen LogP contribution is 2.13. The number of rotatable bonds is 9. The van der Waals surface area contributed by atoms with Gasteiger partial charge in [0.1, 0.15) is 6.04 Å². The van der Waals surface area contributed by atoms with Crippen molar-refractivity contribution in [2.45, 2.75) is 58.4 Å². The van der Waals surface area contributed by atoms with Crippen LogP contribution in [-0.4, -0.2) is 40.4 Å². The average Bonchev–Trinajstić information content (AvgIpc) is 2.34. The first-order valence-electron chi connectivity index (χ1n) is 6.77. The number of amides is 2. The van der Waals surface area contributed by atoms with Gasteiger partial charge in [-0.15, -0.1) is 0 Å². The number of nitrogens with zero attached hydrogens (tertiary/aromatic N) is 1. The van der Waals surface area contributed by atoms with E-state index in [0.29, 0.717) is 25.8 Å². The topological polar surface area (TPSA) is 101 Å². The molecule has 19 heavy (non-hydrogen) atoms. The lowest BCUT2D eigenvalue weighted by Crippen LogP contribution is -2.48. The van der Waals surface area contributed by atoms with Gasteiger partial charge in [-0.2, -0.15) is 0 Å². The Labute approximate surface area is 113 Å². The summed E-state index contributed by atoms with van der Waals surface area (Å²) < 4.78 is 0. The maximum absolute atomic E-state index is 12.0. The van der Waals surface area contributed by atoms with E-state index in [2.05, 4.69) is 0 Å². The molecule has 0 fully saturated rings. The van der Waals surface area contributed by atoms with E-state index in [4.69, 9.17) is 5.73 Å². The van der Waals surface area contributed by atoms with Gasteiger partial charge in [-0.05, 0) is 32.2 Å². The van der Waals surface area contributed by atoms with Crippen LogP contribution in [0.4, 0.5) is 0 Å². The van der Waals surface area contributed by atoms with Crippen LogP contribution in [-0.2, 0) is 14.4 Å². The van der Waals surface area contributed by atoms with Crippen molar-refractivity contribution in [2.24, 2.45) is 5.73 Å². The van der Waals surface area contributed by atoms with Crippen molar-refractivity contribution < 1.29 is 19.5 Å². The first-order valence-corrected chi connectivity index (χ1v) is 6.77. The molecule has 0 rings (SSSR count). The van der Waals surface area contributed by atoms with Gasteiger partial charge in [0.2, 0.25) is 11.8 Å². The van der Waals surface area contributed by atoms with Crippen LogP contribution < -0.4 is 5.73 Å². The molecule has 0 aliphatic carbocycles. The van der Waals surface area contributed by atoms with Crippen LogP contribution in [0.5, 0.6) is 0 Å². The largest absolute Gasteiger partial charge is 0.480 e. The summed E-state index contributed by atoms with van der Waals surface area (Å²) in [6.07, 6.45) is 2.20. The summed E-state index contributed by atoms with van der Waals surface area (Å²) >= 11 is 0. The number of hydrogen-bond acceptors (Lipinski definition) is 4. The Morgan fingerprint density at radius 1 is 1.11 bits per heavy atom. The van der Waals surface area contributed by atoms with E-state index >= 15 is 0 Å². The molecule has 0 spiro atoms. The molecule has 0 aromatic heterocycles. The fourth-order valence-electron chi connectivity index (χ4n) is 1.83. The van der Waals surface area contributed by atoms with Gasteiger partial charge in [-0.3, -0.25) is 14.5 Å². The van der Waals surface area contributed by atoms with Crippen LogP contribution in [0.25, 0.3) is 0 Å². The molecule has 0 aromatic rings. The second-order valence-corrected chi connectivity index (χ2v) is 4.44. The molecule has 0 heterocycles. The average molecular weight is 272 g/mol. The quantitative estimate of drug-likeness (QED) is 0.655. The van der Waals surface area contributed by atoms with Gasteiger partial charge >= 0.3 is 5.97 Å². The van der Waals surface area contributed by atoms with E-state index in [9.17, 15) is 19.5 Å². The third-order valence-corrected chi connectivity index (χ3v) is 2.74. The van der Waals surface area contributed by atoms with Gasteiger partial charge in [0, 0.05) is 12.8 Å². The van der Waals surface area contributed by atoms with E-state index < -0.39 is 23.8 Å². The van der Waals surface area contributed by atoms with E-state index in [-0.39, 0.29) is 19.3 Å². The summed E-state index contributed by atoms with van der Waals surface area (Å²) in [5, 5.41) is 9.22. The predicted molar refractivity (Wildman–Crippen MR) is 71.4 cm³/mol. The fraction of sp³-hybridized carbons (Fsp3) is 0.769. The summed E-state index contributed by atoms with van der Waals surface area (Å²) in [5.41, 5.74) is 5.37. The van der Waals surface area contributed by atoms with E-state index in [1.54, 1.807) is 0 Å². The fourth-order valence-corrected chi connectivity index (χ4v) is 1.83. The molecule has 0 saturated heterocycles. The Morgan fingerprint density at radius 3 is 1.89 bits per heavy atom. The molecule has 1 unspecified atom stereocenters. The Bertz CT molecular complexity index is 300. The number of carboxylic acids is 1. The van der Waals surface area contributed by atoms with Crippen molar-refractivity contribution in [1.82, 2.24) is 4.90 Å². The van der Waals surface area contributed by atoms with E-state index in [0.717, 1.165) is 4.90 Å². The first kappa shape index (κ1) is 17.6. The van der Waals surface area contributed by atoms with Crippen LogP contribution in [0.2, 0.25) is 0 Å². The molecule has 3 N–H and O–H groups in total. The summed E-state index contributed by atoms with van der Waals surface area (Å²) in [7, 11) is 0. The molecular weight excluding hydrogens is 248 g/mol. The number of imide groups is 1. The predicted octanol–water partition coefficient (Wildman–Crippen LogP) is 1.13. The zero-order valence-electron chi connectivity index (χ0n) is 11.7. The number of aliphatic carboxylic acids is 1. The zero-order valence-corrected chi connectivity index (χ0v) is 11.7. The summed E-state index contributed by atoms with van der Waals surface area (Å²) in [4.78, 5) is 36.2. The minimum absolute atomic E-state index is 0.182. The molecule has 0 radical (unpaired) electrons. The Kier molecular flexibility index (Phi) is 8.78. The van der Waals surface area contributed by atoms with Crippen LogP contribution in [0.3, 0.4) is 0 Å². The lowest BCUT2D eigenvalue weighted by Gasteiger charge is -2.27. The number of carbonyl (C=O) groups excluding carboxylic acids is 2. The maximum atomic E-state index is 12.0. The smallest absolute Gasteiger partial charge is 0.326 e. The van der Waals surface area contributed by atoms with Crippen molar-refractivity contribution >= 4 is 17.8 Å². The zero-order chi connectivity index (χ0) is 14.8. The Hall–Kier alpha value is -1.43. The Balaban J connectivity index is 5.08. The number of carbonyl (C=O) groups is 3. The van der Waals surface area contributed by atoms with Crippen molar-refractivity contribution in [3.8, 4) is 0 Å². The van der Waals surface area contributed by atoms with Gasteiger partial charge < -0.3 is 10.8 Å². The molecule has 0 bridgehead atoms. The normalized spacial score (nSPS) is 11.9. The molecule has 1 atom stereocenters. The minimum atomic E-state index is -1.15. The van der Waals surface area contributed by atoms with Crippen molar-refractivity contribution in [2.75, 3.05) is 6.54 Å². The minimum Gasteiger partial charge on any atom is -0.480 e. The van der Waals surface area contributed by atoms with Gasteiger partial charge in [-0.25, -0.2) is 4.79 Å². The number of nitrogens with two attached hydrogens (primary N) is 1. The van der Waals surface area contributed by atoms with Crippen LogP contribution >= 0.6 is 0 Å². The monoisotopic (exact) mass is 272 g/mol. The van der Waals surface area contributed by atoms with Gasteiger partial charge in [0.25, 0.3) is 0 Å². The lowest BCUT2D eigenvalue weighted by molar-refractivity contribution is -0.158. The molecule has 0 aliphatic rings. The van der Waals surface area contributed by atoms with Crippen molar-refractivity contribution in [3.05, 3.63) is 0 Å². The van der Waals surface area contributed by atoms with Gasteiger partial charge in [0.15, 0.2) is 0 Å². The van der Waals surface area contributed by atoms with Gasteiger partial charge in [-0.1, -0.05) is 13.8 Å². The molecule has 6 nitrogen and oxygen atoms in total. The molecule has 0 aromatic carbocycles. The molecule has 0 aliphatic heterocycles. The van der Waals surface area contributed by atoms with Crippen molar-refractivity contribution in [1.29, 1.82) is 0 Å². The highest BCUT2D eigenvalue weighted by Gasteiger charge is 2.33. The molecule has 6 heteroatoms. The standard InChI is InChI=1S/C13H24N2O4/c1-3-6-11(16)15(12(17)7-4-2)10(13(18)19)8-5-9-14/h10H,3-9,14H2,1-2H3,(H,18,19). The number of carboxylic acid groups (broad SMARTS) is 1. The molecule has 110 valence electrons. The second kappa shape index (κ2) is 9.49. The van der Waals surface area contributed by atoms with E-state index in [1.165, 1.54) is 0 Å². The van der Waals surface area contributed by atoms with Crippen molar-refractivity contribution in [3.63, 3.8) is 0 Å². The lowest BCUT2D eigenvalue weighted by atomic mass is 10.1. The second-order valence-electron chi connectivity index (χ2n) is 4.44. The highest BCUT2D eigenvalue weighted by atomic mass is 16.4. The summed E-state index contributed by atoms with van der Waals surface area (Å²) in [6, 6.07) is -1.10. The highest BCUT2D eigenvalue weighted by molar-refractivity contribution is 5.99. The third-order valence-electron chi connectivity index (χ3n) is 2.74. The van der Waals surface area contributed by atoms with Crippen LogP contribution in [0.15, 0.2) is 0 Å². The van der Waals surface area contributed by atoms with Crippen LogP contribution in [0, 0.1) is 0 Å². The first-order chi connectivity index (χ1) is 8.99. The maximum Gasteiger partial charge on any atom is 0.326 e. The van der Waals surface area contributed by atoms with Gasteiger partial charge in [0.05, 0.1) is 0 Å². The van der Waals surface area contributed by atoms with E-state index in [1.807, 2.05) is 13.8 Å². The summed E-state index contributed by atoms with van der Waals surface area (Å²) in [5.74, 6) is -1.97. The Morgan fingerprint density at radius 2 is 1.58 bits per heavy atom. The SMILES string of the molecule is CCCC(=O)N(C(=O)CCC)C(CCCN)C(=O)O. The third kappa shape index (κ3) is 5.83. The molecule has 0 saturated carbocycles. The number of hydrogen-bond donors (Lipinski definition) is 2. The molecule has 2 amide bonds. The summed E-state index contributed by atoms with van der Waals surface area (Å²) in [6.45, 7) is 3.97. The van der Waals surface area contributed by atoms with Crippen LogP contribution in [0.1, 0.15) is 52.4 Å². The molecular formula is C13H24N2O4.